The first-order chi connectivity index (χ1) is 18.9. The molecular formula is C28H31N5O4S2. The quantitative estimate of drug-likeness (QED) is 0.231. The summed E-state index contributed by atoms with van der Waals surface area (Å²) >= 11 is 6.71. The molecule has 2 fully saturated rings. The van der Waals surface area contributed by atoms with Crippen LogP contribution in [0.1, 0.15) is 17.5 Å². The van der Waals surface area contributed by atoms with Crippen molar-refractivity contribution < 1.29 is 14.3 Å². The van der Waals surface area contributed by atoms with E-state index in [1.165, 1.54) is 11.8 Å². The van der Waals surface area contributed by atoms with Gasteiger partial charge in [0, 0.05) is 58.3 Å². The number of hydrogen-bond donors (Lipinski definition) is 0. The summed E-state index contributed by atoms with van der Waals surface area (Å²) in [4.78, 5) is 38.4. The molecule has 0 aliphatic carbocycles. The number of nitrogens with zero attached hydrogens (tertiary/aromatic N) is 5. The maximum absolute atomic E-state index is 13.8. The molecular weight excluding hydrogens is 534 g/mol. The van der Waals surface area contributed by atoms with Crippen molar-refractivity contribution in [3.05, 3.63) is 69.0 Å². The lowest BCUT2D eigenvalue weighted by molar-refractivity contribution is -0.122. The van der Waals surface area contributed by atoms with Gasteiger partial charge in [-0.15, -0.1) is 0 Å². The van der Waals surface area contributed by atoms with E-state index in [1.54, 1.807) is 35.8 Å². The number of aryl methyl sites for hydroxylation is 1. The van der Waals surface area contributed by atoms with Gasteiger partial charge in [-0.1, -0.05) is 30.0 Å². The molecule has 4 heterocycles. The number of carbonyl (C=O) groups is 1. The molecule has 2 aliphatic heterocycles. The maximum Gasteiger partial charge on any atom is 0.267 e. The first-order valence-electron chi connectivity index (χ1n) is 12.8. The highest BCUT2D eigenvalue weighted by molar-refractivity contribution is 8.26. The van der Waals surface area contributed by atoms with Gasteiger partial charge in [0.1, 0.15) is 21.5 Å². The van der Waals surface area contributed by atoms with Crippen molar-refractivity contribution in [1.29, 1.82) is 0 Å². The van der Waals surface area contributed by atoms with Gasteiger partial charge in [0.05, 0.1) is 17.6 Å². The van der Waals surface area contributed by atoms with Gasteiger partial charge in [-0.3, -0.25) is 18.9 Å². The zero-order chi connectivity index (χ0) is 27.5. The minimum atomic E-state index is -0.207. The fourth-order valence-corrected chi connectivity index (χ4v) is 6.07. The third-order valence-electron chi connectivity index (χ3n) is 6.88. The molecule has 0 spiro atoms. The molecule has 0 saturated carbocycles. The molecule has 204 valence electrons. The van der Waals surface area contributed by atoms with E-state index in [4.69, 9.17) is 26.7 Å². The smallest absolute Gasteiger partial charge is 0.267 e. The third kappa shape index (κ3) is 5.66. The highest BCUT2D eigenvalue weighted by atomic mass is 32.2. The minimum Gasteiger partial charge on any atom is -0.497 e. The van der Waals surface area contributed by atoms with Crippen LogP contribution in [-0.2, 0) is 9.53 Å². The number of anilines is 2. The number of fused-ring (bicyclic) bond motifs is 1. The van der Waals surface area contributed by atoms with Gasteiger partial charge in [-0.25, -0.2) is 4.98 Å². The van der Waals surface area contributed by atoms with Gasteiger partial charge in [0.2, 0.25) is 0 Å². The van der Waals surface area contributed by atoms with E-state index < -0.39 is 0 Å². The second-order valence-electron chi connectivity index (χ2n) is 9.44. The number of amides is 1. The van der Waals surface area contributed by atoms with Crippen LogP contribution in [0, 0.1) is 6.92 Å². The summed E-state index contributed by atoms with van der Waals surface area (Å²) in [6.07, 6.45) is 4.13. The van der Waals surface area contributed by atoms with Gasteiger partial charge in [-0.2, -0.15) is 0 Å². The monoisotopic (exact) mass is 565 g/mol. The Morgan fingerprint density at radius 1 is 1.03 bits per heavy atom. The van der Waals surface area contributed by atoms with Crippen LogP contribution >= 0.6 is 24.0 Å². The van der Waals surface area contributed by atoms with E-state index in [0.29, 0.717) is 58.9 Å². The molecule has 0 unspecified atom stereocenters. The van der Waals surface area contributed by atoms with Crippen LogP contribution in [0.3, 0.4) is 0 Å². The Hall–Kier alpha value is -3.41. The number of pyridine rings is 1. The summed E-state index contributed by atoms with van der Waals surface area (Å²) in [5, 5.41) is 0. The van der Waals surface area contributed by atoms with Crippen molar-refractivity contribution in [3.63, 3.8) is 0 Å². The molecule has 0 atom stereocenters. The Kier molecular flexibility index (Phi) is 8.20. The number of piperazine rings is 1. The van der Waals surface area contributed by atoms with Crippen LogP contribution in [0.5, 0.6) is 5.75 Å². The number of benzene rings is 1. The molecule has 0 radical (unpaired) electrons. The number of rotatable bonds is 8. The topological polar surface area (TPSA) is 79.6 Å². The van der Waals surface area contributed by atoms with Crippen molar-refractivity contribution in [2.24, 2.45) is 0 Å². The molecule has 0 bridgehead atoms. The molecule has 2 saturated heterocycles. The summed E-state index contributed by atoms with van der Waals surface area (Å²) in [6, 6.07) is 11.8. The molecule has 9 nitrogen and oxygen atoms in total. The Morgan fingerprint density at radius 3 is 2.44 bits per heavy atom. The van der Waals surface area contributed by atoms with E-state index >= 15 is 0 Å². The second-order valence-corrected chi connectivity index (χ2v) is 11.1. The van der Waals surface area contributed by atoms with Crippen LogP contribution in [0.15, 0.2) is 52.3 Å². The standard InChI is InChI=1S/C28H31N5O4S2/c1-19-5-10-24-29-25(31-14-12-30(13-15-31)20-6-8-21(37-3)9-7-20)22(26(34)33(24)18-19)17-23-27(35)32(28(38)39-23)11-4-16-36-2/h5-10,17-18H,4,11-16H2,1-3H3/b23-17-. The van der Waals surface area contributed by atoms with Gasteiger partial charge in [0.15, 0.2) is 0 Å². The summed E-state index contributed by atoms with van der Waals surface area (Å²) in [5.41, 5.74) is 2.83. The largest absolute Gasteiger partial charge is 0.497 e. The average molecular weight is 566 g/mol. The number of thioether (sulfide) groups is 1. The summed E-state index contributed by atoms with van der Waals surface area (Å²) in [5.74, 6) is 1.22. The Balaban J connectivity index is 1.47. The summed E-state index contributed by atoms with van der Waals surface area (Å²) in [6.45, 7) is 5.84. The lowest BCUT2D eigenvalue weighted by Crippen LogP contribution is -2.47. The van der Waals surface area contributed by atoms with Crippen molar-refractivity contribution in [3.8, 4) is 5.75 Å². The van der Waals surface area contributed by atoms with Gasteiger partial charge in [0.25, 0.3) is 11.5 Å². The summed E-state index contributed by atoms with van der Waals surface area (Å²) in [7, 11) is 3.29. The first kappa shape index (κ1) is 27.2. The highest BCUT2D eigenvalue weighted by Crippen LogP contribution is 2.34. The molecule has 1 aromatic carbocycles. The normalized spacial score (nSPS) is 17.1. The first-order valence-corrected chi connectivity index (χ1v) is 14.0. The Morgan fingerprint density at radius 2 is 1.74 bits per heavy atom. The van der Waals surface area contributed by atoms with Crippen LogP contribution < -0.4 is 20.1 Å². The zero-order valence-electron chi connectivity index (χ0n) is 22.3. The lowest BCUT2D eigenvalue weighted by atomic mass is 10.2. The molecule has 11 heteroatoms. The number of ether oxygens (including phenoxy) is 2. The van der Waals surface area contributed by atoms with E-state index in [0.717, 1.165) is 30.1 Å². The fraction of sp³-hybridized carbons (Fsp3) is 0.357. The van der Waals surface area contributed by atoms with Crippen LogP contribution in [-0.4, -0.2) is 78.1 Å². The zero-order valence-corrected chi connectivity index (χ0v) is 23.9. The van der Waals surface area contributed by atoms with Crippen molar-refractivity contribution in [1.82, 2.24) is 14.3 Å². The van der Waals surface area contributed by atoms with E-state index in [2.05, 4.69) is 21.9 Å². The van der Waals surface area contributed by atoms with Crippen molar-refractivity contribution in [2.45, 2.75) is 13.3 Å². The third-order valence-corrected chi connectivity index (χ3v) is 8.26. The number of aromatic nitrogens is 2. The van der Waals surface area contributed by atoms with Crippen molar-refractivity contribution in [2.75, 3.05) is 63.4 Å². The number of methoxy groups -OCH3 is 2. The highest BCUT2D eigenvalue weighted by Gasteiger charge is 2.33. The molecule has 3 aromatic rings. The van der Waals surface area contributed by atoms with Crippen LogP contribution in [0.4, 0.5) is 11.5 Å². The predicted molar refractivity (Wildman–Crippen MR) is 160 cm³/mol. The lowest BCUT2D eigenvalue weighted by Gasteiger charge is -2.37. The fourth-order valence-electron chi connectivity index (χ4n) is 4.77. The minimum absolute atomic E-state index is 0.190. The molecule has 39 heavy (non-hydrogen) atoms. The van der Waals surface area contributed by atoms with Gasteiger partial charge in [-0.05, 0) is 55.3 Å². The van der Waals surface area contributed by atoms with Crippen molar-refractivity contribution >= 4 is 57.4 Å². The molecule has 5 rings (SSSR count). The van der Waals surface area contributed by atoms with E-state index in [-0.39, 0.29) is 11.5 Å². The second kappa shape index (κ2) is 11.8. The molecule has 1 amide bonds. The molecule has 2 aromatic heterocycles. The molecule has 2 aliphatic rings. The Bertz CT molecular complexity index is 1480. The number of carbonyl (C=O) groups excluding carboxylic acids is 1. The predicted octanol–water partition coefficient (Wildman–Crippen LogP) is 3.58. The maximum atomic E-state index is 13.8. The van der Waals surface area contributed by atoms with Gasteiger partial charge >= 0.3 is 0 Å². The average Bonchev–Trinajstić information content (AvgIpc) is 3.22. The number of hydrogen-bond acceptors (Lipinski definition) is 9. The van der Waals surface area contributed by atoms with Gasteiger partial charge < -0.3 is 19.3 Å². The molecule has 0 N–H and O–H groups in total. The van der Waals surface area contributed by atoms with Crippen LogP contribution in [0.25, 0.3) is 11.7 Å². The van der Waals surface area contributed by atoms with E-state index in [9.17, 15) is 9.59 Å². The van der Waals surface area contributed by atoms with E-state index in [1.807, 2.05) is 31.2 Å². The van der Waals surface area contributed by atoms with Crippen LogP contribution in [0.2, 0.25) is 0 Å². The Labute approximate surface area is 237 Å². The number of thiocarbonyl (C=S) groups is 1. The summed E-state index contributed by atoms with van der Waals surface area (Å²) < 4.78 is 12.4. The SMILES string of the molecule is COCCCN1C(=O)/C(=C/c2c(N3CCN(c4ccc(OC)cc4)CC3)nc3ccc(C)cn3c2=O)SC1=S.